The summed E-state index contributed by atoms with van der Waals surface area (Å²) in [6, 6.07) is 4.30. The van der Waals surface area contributed by atoms with Crippen LogP contribution in [0.5, 0.6) is 0 Å². The summed E-state index contributed by atoms with van der Waals surface area (Å²) in [5.74, 6) is -0.247. The smallest absolute Gasteiger partial charge is 0.416 e. The van der Waals surface area contributed by atoms with E-state index in [1.54, 1.807) is 6.07 Å². The van der Waals surface area contributed by atoms with Gasteiger partial charge in [0.25, 0.3) is 0 Å². The van der Waals surface area contributed by atoms with Crippen LogP contribution >= 0.6 is 11.3 Å². The molecule has 0 unspecified atom stereocenters. The Morgan fingerprint density at radius 1 is 1.09 bits per heavy atom. The molecule has 1 N–H and O–H groups in total. The number of piperidine rings is 2. The highest BCUT2D eigenvalue weighted by Crippen LogP contribution is 2.37. The number of anilines is 1. The third-order valence-corrected chi connectivity index (χ3v) is 9.55. The Bertz CT molecular complexity index is 1450. The summed E-state index contributed by atoms with van der Waals surface area (Å²) < 4.78 is 41.3. The van der Waals surface area contributed by atoms with Gasteiger partial charge in [0.1, 0.15) is 16.5 Å². The van der Waals surface area contributed by atoms with Gasteiger partial charge in [0.05, 0.1) is 36.0 Å². The van der Waals surface area contributed by atoms with E-state index in [2.05, 4.69) is 21.8 Å². The van der Waals surface area contributed by atoms with Crippen molar-refractivity contribution in [2.75, 3.05) is 31.1 Å². The predicted octanol–water partition coefficient (Wildman–Crippen LogP) is 6.28. The van der Waals surface area contributed by atoms with Gasteiger partial charge in [-0.2, -0.15) is 13.2 Å². The van der Waals surface area contributed by atoms with Crippen LogP contribution in [0.25, 0.3) is 11.3 Å². The lowest BCUT2D eigenvalue weighted by molar-refractivity contribution is -0.142. The van der Waals surface area contributed by atoms with E-state index in [0.29, 0.717) is 60.5 Å². The minimum atomic E-state index is -4.48. The quantitative estimate of drug-likeness (QED) is 0.281. The lowest BCUT2D eigenvalue weighted by Gasteiger charge is -2.32. The van der Waals surface area contributed by atoms with Crippen molar-refractivity contribution in [1.82, 2.24) is 19.9 Å². The zero-order valence-electron chi connectivity index (χ0n) is 24.4. The second-order valence-electron chi connectivity index (χ2n) is 11.5. The second-order valence-corrected chi connectivity index (χ2v) is 12.7. The average molecular weight is 616 g/mol. The Labute approximate surface area is 253 Å². The summed E-state index contributed by atoms with van der Waals surface area (Å²) in [7, 11) is 0. The van der Waals surface area contributed by atoms with E-state index >= 15 is 0 Å². The molecule has 3 aromatic rings. The Kier molecular flexibility index (Phi) is 9.45. The van der Waals surface area contributed by atoms with Crippen LogP contribution in [0.1, 0.15) is 70.5 Å². The van der Waals surface area contributed by atoms with Crippen LogP contribution < -0.4 is 4.90 Å². The number of alkyl halides is 3. The number of aromatic nitrogens is 3. The van der Waals surface area contributed by atoms with Crippen molar-refractivity contribution in [2.24, 2.45) is 11.8 Å². The molecule has 4 heterocycles. The molecule has 0 radical (unpaired) electrons. The number of aryl methyl sites for hydroxylation is 1. The third kappa shape index (κ3) is 7.41. The second kappa shape index (κ2) is 13.1. The number of Topliss-reactive ketones (excluding diaryl/α,β-unsaturated/α-hetero) is 1. The molecule has 2 fully saturated rings. The monoisotopic (exact) mass is 615 g/mol. The van der Waals surface area contributed by atoms with E-state index in [1.165, 1.54) is 43.1 Å². The number of hydrogen-bond acceptors (Lipinski definition) is 8. The summed E-state index contributed by atoms with van der Waals surface area (Å²) in [4.78, 5) is 43.0. The van der Waals surface area contributed by atoms with E-state index in [-0.39, 0.29) is 29.4 Å². The molecule has 2 aliphatic heterocycles. The first-order chi connectivity index (χ1) is 20.5. The summed E-state index contributed by atoms with van der Waals surface area (Å²) in [6.07, 6.45) is 2.81. The molecular formula is C31H36F3N5O3S. The number of ketones is 1. The summed E-state index contributed by atoms with van der Waals surface area (Å²) in [6.45, 7) is 7.14. The molecule has 2 aliphatic rings. The van der Waals surface area contributed by atoms with Crippen molar-refractivity contribution in [3.05, 3.63) is 57.3 Å². The van der Waals surface area contributed by atoms with Crippen LogP contribution in [0.4, 0.5) is 19.0 Å². The fourth-order valence-electron chi connectivity index (χ4n) is 5.93. The van der Waals surface area contributed by atoms with Gasteiger partial charge in [0.2, 0.25) is 0 Å². The number of likely N-dealkylation sites (tertiary alicyclic amines) is 1. The minimum Gasteiger partial charge on any atom is -0.481 e. The lowest BCUT2D eigenvalue weighted by Crippen LogP contribution is -2.36. The Morgan fingerprint density at radius 2 is 1.86 bits per heavy atom. The van der Waals surface area contributed by atoms with Gasteiger partial charge in [0, 0.05) is 36.6 Å². The minimum absolute atomic E-state index is 0.0364. The first-order valence-corrected chi connectivity index (χ1v) is 15.6. The standard InChI is InChI=1S/C31H36F3N5O3S/c1-3-20-5-4-10-38(17-20)18-26-29(22-7-6-19(2)23(13-22)31(32,33)34)37-28(43-26)14-25(40)24-15-36-27(16-35-24)39-11-8-21(9-12-39)30(41)42/h6-7,13,15-16,20-21H,3-5,8-12,14,17-18H2,1-2H3,(H,41,42)/t20-/m0/s1. The highest BCUT2D eigenvalue weighted by molar-refractivity contribution is 7.12. The Morgan fingerprint density at radius 3 is 2.51 bits per heavy atom. The molecule has 230 valence electrons. The maximum atomic E-state index is 13.8. The van der Waals surface area contributed by atoms with Crippen LogP contribution in [0.3, 0.4) is 0 Å². The number of carboxylic acid groups (broad SMARTS) is 1. The van der Waals surface area contributed by atoms with Crippen molar-refractivity contribution < 1.29 is 27.9 Å². The number of nitrogens with zero attached hydrogens (tertiary/aromatic N) is 5. The number of carbonyl (C=O) groups is 2. The highest BCUT2D eigenvalue weighted by Gasteiger charge is 2.33. The molecule has 0 amide bonds. The predicted molar refractivity (Wildman–Crippen MR) is 158 cm³/mol. The van der Waals surface area contributed by atoms with Crippen molar-refractivity contribution in [1.29, 1.82) is 0 Å². The van der Waals surface area contributed by atoms with E-state index in [4.69, 9.17) is 4.98 Å². The van der Waals surface area contributed by atoms with Gasteiger partial charge in [0.15, 0.2) is 5.78 Å². The molecule has 1 aromatic carbocycles. The van der Waals surface area contributed by atoms with Crippen molar-refractivity contribution >= 4 is 28.9 Å². The first-order valence-electron chi connectivity index (χ1n) is 14.7. The van der Waals surface area contributed by atoms with Crippen molar-refractivity contribution in [3.8, 4) is 11.3 Å². The topological polar surface area (TPSA) is 99.5 Å². The molecule has 8 nitrogen and oxygen atoms in total. The van der Waals surface area contributed by atoms with E-state index < -0.39 is 17.7 Å². The van der Waals surface area contributed by atoms with Crippen LogP contribution in [-0.4, -0.2) is 62.9 Å². The number of benzene rings is 1. The summed E-state index contributed by atoms with van der Waals surface area (Å²) >= 11 is 1.37. The fraction of sp³-hybridized carbons (Fsp3) is 0.516. The highest BCUT2D eigenvalue weighted by atomic mass is 32.1. The average Bonchev–Trinajstić information content (AvgIpc) is 3.38. The van der Waals surface area contributed by atoms with Crippen LogP contribution in [0, 0.1) is 18.8 Å². The third-order valence-electron chi connectivity index (χ3n) is 8.51. The molecule has 2 aromatic heterocycles. The van der Waals surface area contributed by atoms with Gasteiger partial charge >= 0.3 is 12.1 Å². The summed E-state index contributed by atoms with van der Waals surface area (Å²) in [5.41, 5.74) is 0.525. The first kappa shape index (κ1) is 31.1. The van der Waals surface area contributed by atoms with Crippen molar-refractivity contribution in [2.45, 2.75) is 65.1 Å². The van der Waals surface area contributed by atoms with Crippen molar-refractivity contribution in [3.63, 3.8) is 0 Å². The van der Waals surface area contributed by atoms with Gasteiger partial charge in [-0.3, -0.25) is 14.5 Å². The molecular weight excluding hydrogens is 579 g/mol. The molecule has 12 heteroatoms. The van der Waals surface area contributed by atoms with Gasteiger partial charge < -0.3 is 10.0 Å². The van der Waals surface area contributed by atoms with E-state index in [9.17, 15) is 27.9 Å². The molecule has 2 saturated heterocycles. The molecule has 0 aliphatic carbocycles. The van der Waals surface area contributed by atoms with Crippen LogP contribution in [-0.2, 0) is 23.9 Å². The van der Waals surface area contributed by atoms with Gasteiger partial charge in [-0.25, -0.2) is 15.0 Å². The molecule has 1 atom stereocenters. The van der Waals surface area contributed by atoms with E-state index in [0.717, 1.165) is 36.9 Å². The SMILES string of the molecule is CC[C@H]1CCCN(Cc2sc(CC(=O)c3cnc(N4CCC(C(=O)O)CC4)cn3)nc2-c2ccc(C)c(C(F)(F)F)c2)C1. The van der Waals surface area contributed by atoms with Crippen LogP contribution in [0.15, 0.2) is 30.6 Å². The Hall–Kier alpha value is -3.38. The lowest BCUT2D eigenvalue weighted by atomic mass is 9.95. The zero-order valence-corrected chi connectivity index (χ0v) is 25.2. The number of carbonyl (C=O) groups excluding carboxylic acids is 1. The molecule has 0 saturated carbocycles. The number of halogens is 3. The number of aliphatic carboxylic acids is 1. The summed E-state index contributed by atoms with van der Waals surface area (Å²) in [5, 5.41) is 9.74. The van der Waals surface area contributed by atoms with Gasteiger partial charge in [-0.1, -0.05) is 25.5 Å². The number of thiazole rings is 1. The molecule has 0 spiro atoms. The number of carboxylic acids is 1. The maximum Gasteiger partial charge on any atom is 0.416 e. The maximum absolute atomic E-state index is 13.8. The van der Waals surface area contributed by atoms with E-state index in [1.807, 2.05) is 4.90 Å². The Balaban J connectivity index is 1.36. The normalized spacial score (nSPS) is 18.6. The number of hydrogen-bond donors (Lipinski definition) is 1. The largest absolute Gasteiger partial charge is 0.481 e. The zero-order chi connectivity index (χ0) is 30.7. The fourth-order valence-corrected chi connectivity index (χ4v) is 7.06. The molecule has 0 bridgehead atoms. The molecule has 43 heavy (non-hydrogen) atoms. The van der Waals surface area contributed by atoms with Gasteiger partial charge in [-0.15, -0.1) is 11.3 Å². The molecule has 5 rings (SSSR count). The van der Waals surface area contributed by atoms with Crippen LogP contribution in [0.2, 0.25) is 0 Å². The van der Waals surface area contributed by atoms with Gasteiger partial charge in [-0.05, 0) is 56.7 Å². The number of rotatable bonds is 9.